The van der Waals surface area contributed by atoms with Crippen LogP contribution < -0.4 is 9.54 Å². The second-order valence-corrected chi connectivity index (χ2v) is 10.0. The van der Waals surface area contributed by atoms with E-state index in [2.05, 4.69) is 58.5 Å². The number of hydrogen-bond acceptors (Lipinski definition) is 5. The number of thiazole rings is 1. The third-order valence-corrected chi connectivity index (χ3v) is 7.87. The monoisotopic (exact) mass is 507 g/mol. The molecule has 0 amide bonds. The van der Waals surface area contributed by atoms with E-state index in [1.54, 1.807) is 25.3 Å². The molecule has 1 aliphatic carbocycles. The van der Waals surface area contributed by atoms with Crippen molar-refractivity contribution in [2.45, 2.75) is 25.3 Å². The largest absolute Gasteiger partial charge is 0.497 e. The Labute approximate surface area is 218 Å². The summed E-state index contributed by atoms with van der Waals surface area (Å²) < 4.78 is 7.67. The van der Waals surface area contributed by atoms with Gasteiger partial charge in [0.2, 0.25) is 0 Å². The number of nitro groups is 1. The molecule has 0 N–H and O–H groups in total. The molecule has 0 bridgehead atoms. The number of benzene rings is 4. The Bertz CT molecular complexity index is 1700. The van der Waals surface area contributed by atoms with E-state index in [1.165, 1.54) is 28.5 Å². The van der Waals surface area contributed by atoms with Crippen LogP contribution >= 0.6 is 11.3 Å². The van der Waals surface area contributed by atoms with Crippen molar-refractivity contribution in [1.82, 2.24) is 4.57 Å². The van der Waals surface area contributed by atoms with E-state index in [4.69, 9.17) is 9.73 Å². The van der Waals surface area contributed by atoms with Gasteiger partial charge in [0, 0.05) is 11.4 Å². The molecule has 1 unspecified atom stereocenters. The van der Waals surface area contributed by atoms with Gasteiger partial charge in [-0.2, -0.15) is 0 Å². The number of nitrogens with zero attached hydrogens (tertiary/aromatic N) is 3. The van der Waals surface area contributed by atoms with Crippen molar-refractivity contribution in [1.29, 1.82) is 0 Å². The summed E-state index contributed by atoms with van der Waals surface area (Å²) in [5.41, 5.74) is 5.16. The molecule has 6 nitrogen and oxygen atoms in total. The summed E-state index contributed by atoms with van der Waals surface area (Å²) in [7, 11) is 1.67. The Morgan fingerprint density at radius 2 is 1.78 bits per heavy atom. The molecule has 0 fully saturated rings. The first kappa shape index (κ1) is 23.2. The van der Waals surface area contributed by atoms with Gasteiger partial charge in [0.05, 0.1) is 23.8 Å². The van der Waals surface area contributed by atoms with Crippen LogP contribution in [0.3, 0.4) is 0 Å². The predicted octanol–water partition coefficient (Wildman–Crippen LogP) is 7.44. The standard InChI is InChI=1S/C30H25N3O3S/c1-36-24-16-15-21-17-23(14-13-22(21)18-24)29-19-37-30(31-26-10-4-5-11-28(26)33(34)35)32(29)27-12-6-8-20-7-2-3-9-25(20)27/h2-5,7,9-11,13-19,27H,6,8,12H2,1H3. The molecule has 0 saturated carbocycles. The normalized spacial score (nSPS) is 15.5. The number of ether oxygens (including phenoxy) is 1. The molecular weight excluding hydrogens is 482 g/mol. The molecule has 0 radical (unpaired) electrons. The highest BCUT2D eigenvalue weighted by Crippen LogP contribution is 2.37. The van der Waals surface area contributed by atoms with Gasteiger partial charge in [-0.05, 0) is 71.0 Å². The maximum atomic E-state index is 11.7. The van der Waals surface area contributed by atoms with Gasteiger partial charge in [-0.25, -0.2) is 4.99 Å². The van der Waals surface area contributed by atoms with Gasteiger partial charge in [0.25, 0.3) is 5.69 Å². The summed E-state index contributed by atoms with van der Waals surface area (Å²) in [6.45, 7) is 0. The lowest BCUT2D eigenvalue weighted by atomic mass is 9.87. The molecule has 0 aliphatic heterocycles. The number of para-hydroxylation sites is 2. The highest BCUT2D eigenvalue weighted by atomic mass is 32.1. The van der Waals surface area contributed by atoms with E-state index >= 15 is 0 Å². The van der Waals surface area contributed by atoms with Crippen molar-refractivity contribution >= 4 is 33.5 Å². The van der Waals surface area contributed by atoms with Crippen LogP contribution in [0.1, 0.15) is 30.0 Å². The zero-order valence-corrected chi connectivity index (χ0v) is 21.2. The van der Waals surface area contributed by atoms with Crippen LogP contribution in [-0.2, 0) is 6.42 Å². The van der Waals surface area contributed by atoms with Crippen molar-refractivity contribution in [3.8, 4) is 17.0 Å². The molecule has 37 heavy (non-hydrogen) atoms. The summed E-state index contributed by atoms with van der Waals surface area (Å²) in [6, 6.07) is 27.9. The second-order valence-electron chi connectivity index (χ2n) is 9.17. The highest BCUT2D eigenvalue weighted by Gasteiger charge is 2.25. The topological polar surface area (TPSA) is 69.7 Å². The zero-order chi connectivity index (χ0) is 25.4. The van der Waals surface area contributed by atoms with E-state index in [1.807, 2.05) is 12.1 Å². The smallest absolute Gasteiger partial charge is 0.294 e. The Kier molecular flexibility index (Phi) is 6.06. The molecular formula is C30H25N3O3S. The van der Waals surface area contributed by atoms with Gasteiger partial charge in [-0.3, -0.25) is 10.1 Å². The molecule has 7 heteroatoms. The molecule has 1 heterocycles. The van der Waals surface area contributed by atoms with Crippen LogP contribution in [-0.4, -0.2) is 16.6 Å². The third kappa shape index (κ3) is 4.32. The molecule has 4 aromatic carbocycles. The molecule has 5 aromatic rings. The molecule has 0 spiro atoms. The number of rotatable bonds is 5. The molecule has 1 aliphatic rings. The first-order valence-electron chi connectivity index (χ1n) is 12.3. The minimum Gasteiger partial charge on any atom is -0.497 e. The van der Waals surface area contributed by atoms with Crippen molar-refractivity contribution in [3.05, 3.63) is 116 Å². The number of hydrogen-bond donors (Lipinski definition) is 0. The zero-order valence-electron chi connectivity index (χ0n) is 20.3. The van der Waals surface area contributed by atoms with Crippen LogP contribution in [0, 0.1) is 10.1 Å². The number of methoxy groups -OCH3 is 1. The lowest BCUT2D eigenvalue weighted by Gasteiger charge is -2.28. The van der Waals surface area contributed by atoms with Gasteiger partial charge in [0.15, 0.2) is 4.80 Å². The van der Waals surface area contributed by atoms with Crippen molar-refractivity contribution in [2.75, 3.05) is 7.11 Å². The predicted molar refractivity (Wildman–Crippen MR) is 148 cm³/mol. The molecule has 1 atom stereocenters. The quantitative estimate of drug-likeness (QED) is 0.183. The first-order valence-corrected chi connectivity index (χ1v) is 13.1. The van der Waals surface area contributed by atoms with Crippen LogP contribution in [0.4, 0.5) is 11.4 Å². The summed E-state index contributed by atoms with van der Waals surface area (Å²) in [4.78, 5) is 16.9. The fraction of sp³-hybridized carbons (Fsp3) is 0.167. The lowest BCUT2D eigenvalue weighted by molar-refractivity contribution is -0.384. The Morgan fingerprint density at radius 3 is 2.65 bits per heavy atom. The van der Waals surface area contributed by atoms with E-state index in [0.29, 0.717) is 5.69 Å². The Hall–Kier alpha value is -4.23. The van der Waals surface area contributed by atoms with Crippen LogP contribution in [0.5, 0.6) is 5.75 Å². The SMILES string of the molecule is COc1ccc2cc(-c3csc(=Nc4ccccc4[N+](=O)[O-])n3C3CCCc4ccccc43)ccc2c1. The van der Waals surface area contributed by atoms with Gasteiger partial charge in [-0.1, -0.05) is 54.6 Å². The van der Waals surface area contributed by atoms with E-state index in [9.17, 15) is 10.1 Å². The summed E-state index contributed by atoms with van der Waals surface area (Å²) in [5.74, 6) is 0.829. The Balaban J connectivity index is 1.58. The highest BCUT2D eigenvalue weighted by molar-refractivity contribution is 7.07. The minimum atomic E-state index is -0.370. The lowest BCUT2D eigenvalue weighted by Crippen LogP contribution is -2.26. The maximum absolute atomic E-state index is 11.7. The van der Waals surface area contributed by atoms with Crippen LogP contribution in [0.15, 0.2) is 95.3 Å². The average Bonchev–Trinajstić information content (AvgIpc) is 3.35. The van der Waals surface area contributed by atoms with Crippen LogP contribution in [0.2, 0.25) is 0 Å². The molecule has 6 rings (SSSR count). The Morgan fingerprint density at radius 1 is 1.00 bits per heavy atom. The number of aryl methyl sites for hydroxylation is 1. The summed E-state index contributed by atoms with van der Waals surface area (Å²) in [5, 5.41) is 16.0. The fourth-order valence-electron chi connectivity index (χ4n) is 5.24. The number of aromatic nitrogens is 1. The summed E-state index contributed by atoms with van der Waals surface area (Å²) >= 11 is 1.52. The average molecular weight is 508 g/mol. The van der Waals surface area contributed by atoms with Gasteiger partial charge in [0.1, 0.15) is 11.4 Å². The van der Waals surface area contributed by atoms with Gasteiger partial charge in [-0.15, -0.1) is 11.3 Å². The maximum Gasteiger partial charge on any atom is 0.294 e. The summed E-state index contributed by atoms with van der Waals surface area (Å²) in [6.07, 6.45) is 3.11. The first-order chi connectivity index (χ1) is 18.1. The van der Waals surface area contributed by atoms with Gasteiger partial charge < -0.3 is 9.30 Å². The second kappa shape index (κ2) is 9.67. The molecule has 0 saturated heterocycles. The fourth-order valence-corrected chi connectivity index (χ4v) is 6.19. The van der Waals surface area contributed by atoms with Crippen LogP contribution in [0.25, 0.3) is 22.0 Å². The molecule has 1 aromatic heterocycles. The van der Waals surface area contributed by atoms with E-state index in [-0.39, 0.29) is 16.7 Å². The van der Waals surface area contributed by atoms with Crippen molar-refractivity contribution in [2.24, 2.45) is 4.99 Å². The van der Waals surface area contributed by atoms with E-state index < -0.39 is 0 Å². The number of nitro benzene ring substituents is 1. The van der Waals surface area contributed by atoms with Crippen molar-refractivity contribution < 1.29 is 9.66 Å². The third-order valence-electron chi connectivity index (χ3n) is 7.03. The van der Waals surface area contributed by atoms with Gasteiger partial charge >= 0.3 is 0 Å². The molecule has 184 valence electrons. The minimum absolute atomic E-state index is 0.00713. The van der Waals surface area contributed by atoms with Crippen molar-refractivity contribution in [3.63, 3.8) is 0 Å². The van der Waals surface area contributed by atoms with E-state index in [0.717, 1.165) is 51.8 Å². The number of fused-ring (bicyclic) bond motifs is 2.